The highest BCUT2D eigenvalue weighted by Gasteiger charge is 2.21. The highest BCUT2D eigenvalue weighted by Crippen LogP contribution is 2.39. The predicted octanol–water partition coefficient (Wildman–Crippen LogP) is 9.58. The Morgan fingerprint density at radius 2 is 1.35 bits per heavy atom. The number of hydrogen-bond acceptors (Lipinski definition) is 4. The van der Waals surface area contributed by atoms with Crippen molar-refractivity contribution in [2.45, 2.75) is 0 Å². The fourth-order valence-electron chi connectivity index (χ4n) is 8.13. The van der Waals surface area contributed by atoms with Crippen molar-refractivity contribution < 1.29 is 4.42 Å². The number of hydrogen-bond donors (Lipinski definition) is 0. The molecule has 5 aromatic heterocycles. The van der Waals surface area contributed by atoms with E-state index in [9.17, 15) is 0 Å². The molecule has 0 unspecified atom stereocenters. The first-order chi connectivity index (χ1) is 25.2. The summed E-state index contributed by atoms with van der Waals surface area (Å²) in [7, 11) is 0. The molecule has 11 rings (SSSR count). The quantitative estimate of drug-likeness (QED) is 0.190. The van der Waals surface area contributed by atoms with Gasteiger partial charge in [0.25, 0.3) is 0 Å². The van der Waals surface area contributed by atoms with Crippen LogP contribution in [0.15, 0.2) is 145 Å². The van der Waals surface area contributed by atoms with Crippen LogP contribution in [0.4, 0.5) is 0 Å². The van der Waals surface area contributed by atoms with Crippen LogP contribution in [0.3, 0.4) is 0 Å². The molecule has 0 spiro atoms. The van der Waals surface area contributed by atoms with Gasteiger partial charge in [0.2, 0.25) is 0 Å². The van der Waals surface area contributed by atoms with Crippen LogP contribution in [-0.4, -0.2) is 23.9 Å². The zero-order valence-electron chi connectivity index (χ0n) is 27.3. The topological polar surface area (TPSA) is 61.2 Å². The van der Waals surface area contributed by atoms with Gasteiger partial charge in [-0.25, -0.2) is 15.0 Å². The van der Waals surface area contributed by atoms with E-state index in [1.54, 1.807) is 6.08 Å². The van der Waals surface area contributed by atoms with Gasteiger partial charge in [-0.05, 0) is 60.7 Å². The number of fused-ring (bicyclic) bond motifs is 9. The van der Waals surface area contributed by atoms with Crippen molar-refractivity contribution in [3.05, 3.63) is 151 Å². The monoisotopic (exact) mass is 653 g/mol. The fourth-order valence-corrected chi connectivity index (χ4v) is 8.13. The Hall–Kier alpha value is -7.05. The zero-order chi connectivity index (χ0) is 33.8. The molecular weight excluding hydrogens is 627 g/mol. The summed E-state index contributed by atoms with van der Waals surface area (Å²) in [5.74, 6) is 0.685. The lowest BCUT2D eigenvalue weighted by Gasteiger charge is -2.11. The number of rotatable bonds is 4. The molecule has 6 heteroatoms. The summed E-state index contributed by atoms with van der Waals surface area (Å²) in [5, 5.41) is 8.43. The number of aromatic nitrogens is 5. The smallest absolute Gasteiger partial charge is 0.182 e. The van der Waals surface area contributed by atoms with Gasteiger partial charge in [-0.15, -0.1) is 0 Å². The molecule has 0 saturated carbocycles. The van der Waals surface area contributed by atoms with E-state index in [0.29, 0.717) is 5.82 Å². The zero-order valence-corrected chi connectivity index (χ0v) is 27.3. The normalized spacial score (nSPS) is 12.6. The third kappa shape index (κ3) is 3.78. The van der Waals surface area contributed by atoms with Gasteiger partial charge in [0, 0.05) is 54.3 Å². The second-order valence-electron chi connectivity index (χ2n) is 13.0. The second kappa shape index (κ2) is 10.2. The largest absolute Gasteiger partial charge is 0.443 e. The van der Waals surface area contributed by atoms with Gasteiger partial charge in [0.15, 0.2) is 17.8 Å². The Kier molecular flexibility index (Phi) is 5.59. The van der Waals surface area contributed by atoms with Gasteiger partial charge < -0.3 is 13.4 Å². The molecule has 238 valence electrons. The van der Waals surface area contributed by atoms with Crippen molar-refractivity contribution in [3.63, 3.8) is 0 Å². The summed E-state index contributed by atoms with van der Waals surface area (Å²) in [6.07, 6.45) is 5.30. The minimum absolute atomic E-state index is 0.685. The van der Waals surface area contributed by atoms with Gasteiger partial charge in [-0.2, -0.15) is 0 Å². The van der Waals surface area contributed by atoms with Crippen LogP contribution in [-0.2, 0) is 0 Å². The van der Waals surface area contributed by atoms with Crippen molar-refractivity contribution in [3.8, 4) is 28.3 Å². The van der Waals surface area contributed by atoms with E-state index in [1.807, 2.05) is 18.2 Å². The molecule has 0 aliphatic rings. The molecule has 0 aliphatic heterocycles. The molecule has 51 heavy (non-hydrogen) atoms. The van der Waals surface area contributed by atoms with Crippen LogP contribution in [0.2, 0.25) is 0 Å². The Morgan fingerprint density at radius 1 is 0.627 bits per heavy atom. The highest BCUT2D eigenvalue weighted by atomic mass is 16.3. The van der Waals surface area contributed by atoms with Crippen LogP contribution >= 0.6 is 0 Å². The molecular formula is C45H27N5O. The van der Waals surface area contributed by atoms with Gasteiger partial charge in [0.05, 0.1) is 38.7 Å². The summed E-state index contributed by atoms with van der Waals surface area (Å²) in [5.41, 5.74) is 10.9. The second-order valence-corrected chi connectivity index (χ2v) is 13.0. The molecule has 0 bridgehead atoms. The van der Waals surface area contributed by atoms with E-state index in [-0.39, 0.29) is 0 Å². The number of allylic oxidation sites excluding steroid dienone is 1. The van der Waals surface area contributed by atoms with E-state index < -0.39 is 0 Å². The van der Waals surface area contributed by atoms with Crippen LogP contribution in [0.1, 0.15) is 0 Å². The maximum Gasteiger partial charge on any atom is 0.182 e. The van der Waals surface area contributed by atoms with Crippen LogP contribution in [0, 0.1) is 0 Å². The molecule has 6 nitrogen and oxygen atoms in total. The molecule has 0 N–H and O–H groups in total. The molecule has 0 aliphatic carbocycles. The van der Waals surface area contributed by atoms with E-state index in [1.165, 1.54) is 11.8 Å². The Bertz CT molecular complexity index is 3350. The van der Waals surface area contributed by atoms with Gasteiger partial charge >= 0.3 is 0 Å². The highest BCUT2D eigenvalue weighted by molar-refractivity contribution is 6.22. The SMILES string of the molecule is C=C/C=c1\c(=C)n2c3ccc(-c4nc(-c5ccc6c(c5)c5ccccc5n6-c5ccccc5)nc5ccccc45)cc3c3cc4ncoc4c1c32. The molecule has 6 aromatic carbocycles. The number of para-hydroxylation sites is 3. The van der Waals surface area contributed by atoms with Gasteiger partial charge in [0.1, 0.15) is 5.52 Å². The maximum atomic E-state index is 5.91. The van der Waals surface area contributed by atoms with Crippen LogP contribution in [0.25, 0.3) is 112 Å². The molecule has 0 radical (unpaired) electrons. The first-order valence-corrected chi connectivity index (χ1v) is 16.9. The molecule has 0 atom stereocenters. The molecule has 11 aromatic rings. The Balaban J connectivity index is 1.15. The van der Waals surface area contributed by atoms with Crippen LogP contribution in [0.5, 0.6) is 0 Å². The number of oxazole rings is 1. The lowest BCUT2D eigenvalue weighted by molar-refractivity contribution is 0.605. The van der Waals surface area contributed by atoms with Crippen molar-refractivity contribution in [1.29, 1.82) is 0 Å². The van der Waals surface area contributed by atoms with E-state index in [2.05, 4.69) is 136 Å². The average molecular weight is 654 g/mol. The Labute approximate surface area is 290 Å². The summed E-state index contributed by atoms with van der Waals surface area (Å²) < 4.78 is 10.5. The molecule has 0 fully saturated rings. The van der Waals surface area contributed by atoms with Crippen molar-refractivity contribution in [2.75, 3.05) is 0 Å². The van der Waals surface area contributed by atoms with Gasteiger partial charge in [-0.1, -0.05) is 86.0 Å². The minimum atomic E-state index is 0.685. The average Bonchev–Trinajstić information content (AvgIpc) is 3.93. The van der Waals surface area contributed by atoms with Crippen molar-refractivity contribution in [1.82, 2.24) is 23.9 Å². The Morgan fingerprint density at radius 3 is 2.24 bits per heavy atom. The van der Waals surface area contributed by atoms with Crippen LogP contribution < -0.4 is 10.6 Å². The lowest BCUT2D eigenvalue weighted by Crippen LogP contribution is -2.23. The molecule has 0 amide bonds. The van der Waals surface area contributed by atoms with E-state index in [0.717, 1.165) is 98.7 Å². The summed E-state index contributed by atoms with van der Waals surface area (Å²) >= 11 is 0. The van der Waals surface area contributed by atoms with Crippen molar-refractivity contribution in [2.24, 2.45) is 0 Å². The van der Waals surface area contributed by atoms with E-state index >= 15 is 0 Å². The number of benzene rings is 6. The summed E-state index contributed by atoms with van der Waals surface area (Å²) in [4.78, 5) is 15.0. The third-order valence-corrected chi connectivity index (χ3v) is 10.3. The van der Waals surface area contributed by atoms with Crippen molar-refractivity contribution >= 4 is 83.7 Å². The standard InChI is InChI=1S/C45H27N5O/c1-3-11-30-26(2)49-39-20-18-27(22-34(39)35-24-37-44(51-25-46-37)41(30)43(35)49)42-32-15-7-9-16-36(32)47-45(48-42)28-19-21-40-33(23-28)31-14-8-10-17-38(31)50(40)29-12-5-4-6-13-29/h3-25H,1-2H2/b30-11+. The lowest BCUT2D eigenvalue weighted by atomic mass is 10.0. The summed E-state index contributed by atoms with van der Waals surface area (Å²) in [6.45, 7) is 8.45. The fraction of sp³-hybridized carbons (Fsp3) is 0. The van der Waals surface area contributed by atoms with E-state index in [4.69, 9.17) is 14.4 Å². The first-order valence-electron chi connectivity index (χ1n) is 16.9. The number of nitrogens with zero attached hydrogens (tertiary/aromatic N) is 5. The summed E-state index contributed by atoms with van der Waals surface area (Å²) in [6, 6.07) is 42.6. The predicted molar refractivity (Wildman–Crippen MR) is 209 cm³/mol. The first kappa shape index (κ1) is 27.9. The molecule has 0 saturated heterocycles. The van der Waals surface area contributed by atoms with Gasteiger partial charge in [-0.3, -0.25) is 0 Å². The maximum absolute atomic E-state index is 5.91. The third-order valence-electron chi connectivity index (χ3n) is 10.3. The minimum Gasteiger partial charge on any atom is -0.443 e. The molecule has 5 heterocycles.